The van der Waals surface area contributed by atoms with Gasteiger partial charge in [-0.2, -0.15) is 5.26 Å². The van der Waals surface area contributed by atoms with Crippen LogP contribution in [-0.4, -0.2) is 31.2 Å². The fourth-order valence-corrected chi connectivity index (χ4v) is 1.84. The minimum Gasteiger partial charge on any atom is -0.383 e. The predicted molar refractivity (Wildman–Crippen MR) is 83.7 cm³/mol. The molecule has 1 aromatic carbocycles. The Balaban J connectivity index is 2.09. The maximum atomic E-state index is 12.2. The highest BCUT2D eigenvalue weighted by Crippen LogP contribution is 2.15. The van der Waals surface area contributed by atoms with E-state index in [1.165, 1.54) is 0 Å². The van der Waals surface area contributed by atoms with E-state index in [2.05, 4.69) is 15.6 Å². The van der Waals surface area contributed by atoms with E-state index in [0.29, 0.717) is 24.4 Å². The molecule has 0 radical (unpaired) electrons. The van der Waals surface area contributed by atoms with Crippen LogP contribution < -0.4 is 10.6 Å². The Labute approximate surface area is 128 Å². The Hall–Kier alpha value is -2.91. The molecule has 112 valence electrons. The van der Waals surface area contributed by atoms with Gasteiger partial charge >= 0.3 is 0 Å². The highest BCUT2D eigenvalue weighted by atomic mass is 16.5. The van der Waals surface area contributed by atoms with Crippen molar-refractivity contribution in [2.24, 2.45) is 0 Å². The van der Waals surface area contributed by atoms with Crippen molar-refractivity contribution in [2.45, 2.75) is 0 Å². The zero-order valence-electron chi connectivity index (χ0n) is 12.2. The third-order valence-electron chi connectivity index (χ3n) is 2.92. The first kappa shape index (κ1) is 15.5. The lowest BCUT2D eigenvalue weighted by molar-refractivity contribution is 0.102. The summed E-state index contributed by atoms with van der Waals surface area (Å²) < 4.78 is 4.96. The second-order valence-electron chi connectivity index (χ2n) is 4.46. The van der Waals surface area contributed by atoms with Crippen LogP contribution in [-0.2, 0) is 4.74 Å². The number of nitrogens with zero attached hydrogens (tertiary/aromatic N) is 2. The molecule has 0 fully saturated rings. The summed E-state index contributed by atoms with van der Waals surface area (Å²) in [6.45, 7) is 1.21. The van der Waals surface area contributed by atoms with Crippen LogP contribution in [0.4, 0.5) is 11.4 Å². The van der Waals surface area contributed by atoms with E-state index < -0.39 is 0 Å². The van der Waals surface area contributed by atoms with Crippen LogP contribution in [0.2, 0.25) is 0 Å². The van der Waals surface area contributed by atoms with Crippen LogP contribution in [0.15, 0.2) is 42.6 Å². The molecule has 22 heavy (non-hydrogen) atoms. The molecular formula is C16H16N4O2. The van der Waals surface area contributed by atoms with Crippen molar-refractivity contribution in [1.82, 2.24) is 4.98 Å². The number of hydrogen-bond acceptors (Lipinski definition) is 5. The molecule has 0 atom stereocenters. The molecule has 1 aromatic heterocycles. The highest BCUT2D eigenvalue weighted by molar-refractivity contribution is 6.04. The van der Waals surface area contributed by atoms with Gasteiger partial charge in [0.05, 0.1) is 17.9 Å². The summed E-state index contributed by atoms with van der Waals surface area (Å²) >= 11 is 0. The van der Waals surface area contributed by atoms with Crippen LogP contribution >= 0.6 is 0 Å². The maximum Gasteiger partial charge on any atom is 0.274 e. The van der Waals surface area contributed by atoms with Gasteiger partial charge in [-0.1, -0.05) is 12.1 Å². The number of rotatable bonds is 6. The zero-order chi connectivity index (χ0) is 15.8. The van der Waals surface area contributed by atoms with Gasteiger partial charge in [-0.15, -0.1) is 0 Å². The topological polar surface area (TPSA) is 87.0 Å². The summed E-state index contributed by atoms with van der Waals surface area (Å²) in [5.41, 5.74) is 1.93. The van der Waals surface area contributed by atoms with E-state index in [4.69, 9.17) is 10.00 Å². The van der Waals surface area contributed by atoms with Crippen LogP contribution in [0.5, 0.6) is 0 Å². The van der Waals surface area contributed by atoms with E-state index in [-0.39, 0.29) is 11.6 Å². The smallest absolute Gasteiger partial charge is 0.274 e. The molecule has 2 N–H and O–H groups in total. The van der Waals surface area contributed by atoms with Crippen LogP contribution in [0.1, 0.15) is 16.1 Å². The zero-order valence-corrected chi connectivity index (χ0v) is 12.2. The first-order valence-corrected chi connectivity index (χ1v) is 6.74. The third kappa shape index (κ3) is 4.04. The fraction of sp³-hybridized carbons (Fsp3) is 0.188. The van der Waals surface area contributed by atoms with Gasteiger partial charge < -0.3 is 15.4 Å². The van der Waals surface area contributed by atoms with Crippen LogP contribution in [0.25, 0.3) is 0 Å². The fourth-order valence-electron chi connectivity index (χ4n) is 1.84. The van der Waals surface area contributed by atoms with Gasteiger partial charge in [0.25, 0.3) is 5.91 Å². The molecule has 6 nitrogen and oxygen atoms in total. The molecule has 0 aliphatic carbocycles. The second kappa shape index (κ2) is 7.76. The van der Waals surface area contributed by atoms with Gasteiger partial charge in [0, 0.05) is 25.5 Å². The SMILES string of the molecule is COCCNc1ccnc(C(=O)Nc2ccccc2C#N)c1. The van der Waals surface area contributed by atoms with Gasteiger partial charge in [0.15, 0.2) is 0 Å². The molecule has 0 unspecified atom stereocenters. The second-order valence-corrected chi connectivity index (χ2v) is 4.46. The molecule has 0 spiro atoms. The van der Waals surface area contributed by atoms with Crippen LogP contribution in [0.3, 0.4) is 0 Å². The first-order valence-electron chi connectivity index (χ1n) is 6.74. The van der Waals surface area contributed by atoms with E-state index in [1.54, 1.807) is 49.7 Å². The number of methoxy groups -OCH3 is 1. The Kier molecular flexibility index (Phi) is 5.46. The minimum atomic E-state index is -0.363. The molecule has 1 heterocycles. The number of nitrogens with one attached hydrogen (secondary N) is 2. The van der Waals surface area contributed by atoms with Crippen molar-refractivity contribution in [2.75, 3.05) is 30.9 Å². The molecule has 0 bridgehead atoms. The molecule has 2 aromatic rings. The third-order valence-corrected chi connectivity index (χ3v) is 2.92. The number of aromatic nitrogens is 1. The van der Waals surface area contributed by atoms with Gasteiger partial charge in [0.2, 0.25) is 0 Å². The standard InChI is InChI=1S/C16H16N4O2/c1-22-9-8-18-13-6-7-19-15(10-13)16(21)20-14-5-3-2-4-12(14)11-17/h2-7,10H,8-9H2,1H3,(H,18,19)(H,20,21). The Morgan fingerprint density at radius 2 is 2.18 bits per heavy atom. The van der Waals surface area contributed by atoms with Crippen molar-refractivity contribution in [3.05, 3.63) is 53.9 Å². The van der Waals surface area contributed by atoms with E-state index in [0.717, 1.165) is 5.69 Å². The van der Waals surface area contributed by atoms with Gasteiger partial charge in [-0.25, -0.2) is 0 Å². The number of nitriles is 1. The lowest BCUT2D eigenvalue weighted by Gasteiger charge is -2.09. The molecule has 0 aliphatic rings. The lowest BCUT2D eigenvalue weighted by atomic mass is 10.2. The summed E-state index contributed by atoms with van der Waals surface area (Å²) in [6.07, 6.45) is 1.56. The van der Waals surface area contributed by atoms with E-state index in [9.17, 15) is 4.79 Å². The maximum absolute atomic E-state index is 12.2. The quantitative estimate of drug-likeness (QED) is 0.798. The Morgan fingerprint density at radius 3 is 2.95 bits per heavy atom. The molecule has 6 heteroatoms. The van der Waals surface area contributed by atoms with Crippen LogP contribution in [0, 0.1) is 11.3 Å². The summed E-state index contributed by atoms with van der Waals surface area (Å²) in [6, 6.07) is 12.3. The van der Waals surface area contributed by atoms with Crippen molar-refractivity contribution in [3.63, 3.8) is 0 Å². The average molecular weight is 296 g/mol. The number of carbonyl (C=O) groups excluding carboxylic acids is 1. The van der Waals surface area contributed by atoms with Crippen molar-refractivity contribution >= 4 is 17.3 Å². The van der Waals surface area contributed by atoms with E-state index in [1.807, 2.05) is 6.07 Å². The highest BCUT2D eigenvalue weighted by Gasteiger charge is 2.10. The number of hydrogen-bond donors (Lipinski definition) is 2. The number of ether oxygens (including phenoxy) is 1. The molecule has 0 saturated carbocycles. The molecular weight excluding hydrogens is 280 g/mol. The molecule has 2 rings (SSSR count). The molecule has 0 aliphatic heterocycles. The lowest BCUT2D eigenvalue weighted by Crippen LogP contribution is -2.15. The summed E-state index contributed by atoms with van der Waals surface area (Å²) in [7, 11) is 1.62. The first-order chi connectivity index (χ1) is 10.7. The number of para-hydroxylation sites is 1. The number of amides is 1. The predicted octanol–water partition coefficient (Wildman–Crippen LogP) is 2.26. The van der Waals surface area contributed by atoms with Crippen molar-refractivity contribution in [3.8, 4) is 6.07 Å². The number of pyridine rings is 1. The largest absolute Gasteiger partial charge is 0.383 e. The summed E-state index contributed by atoms with van der Waals surface area (Å²) in [5.74, 6) is -0.363. The Morgan fingerprint density at radius 1 is 1.36 bits per heavy atom. The molecule has 1 amide bonds. The molecule has 0 saturated heterocycles. The van der Waals surface area contributed by atoms with Crippen molar-refractivity contribution in [1.29, 1.82) is 5.26 Å². The van der Waals surface area contributed by atoms with Gasteiger partial charge in [0.1, 0.15) is 11.8 Å². The summed E-state index contributed by atoms with van der Waals surface area (Å²) in [4.78, 5) is 16.3. The number of anilines is 2. The Bertz CT molecular complexity index is 695. The average Bonchev–Trinajstić information content (AvgIpc) is 2.56. The van der Waals surface area contributed by atoms with Gasteiger partial charge in [-0.05, 0) is 24.3 Å². The van der Waals surface area contributed by atoms with Gasteiger partial charge in [-0.3, -0.25) is 9.78 Å². The number of carbonyl (C=O) groups is 1. The number of benzene rings is 1. The van der Waals surface area contributed by atoms with Crippen molar-refractivity contribution < 1.29 is 9.53 Å². The monoisotopic (exact) mass is 296 g/mol. The summed E-state index contributed by atoms with van der Waals surface area (Å²) in [5, 5.41) is 14.9. The normalized spacial score (nSPS) is 9.82. The minimum absolute atomic E-state index is 0.273. The van der Waals surface area contributed by atoms with E-state index >= 15 is 0 Å².